The third-order valence-electron chi connectivity index (χ3n) is 5.71. The molecule has 162 valence electrons. The summed E-state index contributed by atoms with van der Waals surface area (Å²) < 4.78 is 0.679. The van der Waals surface area contributed by atoms with E-state index in [2.05, 4.69) is 11.8 Å². The van der Waals surface area contributed by atoms with Crippen molar-refractivity contribution < 1.29 is 14.1 Å². The number of quaternary nitrogens is 1. The van der Waals surface area contributed by atoms with Crippen molar-refractivity contribution in [3.05, 3.63) is 76.9 Å². The van der Waals surface area contributed by atoms with Crippen LogP contribution in [0.5, 0.6) is 0 Å². The topological polar surface area (TPSA) is 40.6 Å². The minimum atomic E-state index is -0.231. The Balaban J connectivity index is 1.73. The van der Waals surface area contributed by atoms with E-state index in [1.807, 2.05) is 82.6 Å². The summed E-state index contributed by atoms with van der Waals surface area (Å²) in [5, 5.41) is 1.55. The second kappa shape index (κ2) is 8.14. The first-order valence-electron chi connectivity index (χ1n) is 10.7. The molecule has 3 aromatic rings. The lowest BCUT2D eigenvalue weighted by atomic mass is 9.91. The molecule has 0 saturated heterocycles. The molecule has 5 heteroatoms. The van der Waals surface area contributed by atoms with E-state index in [9.17, 15) is 9.59 Å². The van der Waals surface area contributed by atoms with Crippen LogP contribution < -0.4 is 4.90 Å². The van der Waals surface area contributed by atoms with Crippen LogP contribution in [-0.2, 0) is 0 Å². The van der Waals surface area contributed by atoms with E-state index < -0.39 is 0 Å². The van der Waals surface area contributed by atoms with Crippen LogP contribution in [0.4, 0.5) is 5.69 Å². The van der Waals surface area contributed by atoms with Crippen LogP contribution in [-0.4, -0.2) is 69.5 Å². The molecule has 0 saturated carbocycles. The van der Waals surface area contributed by atoms with Gasteiger partial charge in [-0.2, -0.15) is 0 Å². The van der Waals surface area contributed by atoms with E-state index in [1.54, 1.807) is 12.1 Å². The Hall–Kier alpha value is -3.62. The molecule has 1 heterocycles. The monoisotopic (exact) mass is 426 g/mol. The Morgan fingerprint density at radius 1 is 0.844 bits per heavy atom. The highest BCUT2D eigenvalue weighted by molar-refractivity contribution is 6.26. The van der Waals surface area contributed by atoms with Crippen molar-refractivity contribution >= 4 is 28.3 Å². The van der Waals surface area contributed by atoms with Crippen molar-refractivity contribution in [3.63, 3.8) is 0 Å². The zero-order chi connectivity index (χ0) is 23.0. The van der Waals surface area contributed by atoms with E-state index >= 15 is 0 Å². The maximum Gasteiger partial charge on any atom is 0.261 e. The number of carbonyl (C=O) groups excluding carboxylic acids is 2. The molecule has 1 aliphatic heterocycles. The second-order valence-corrected chi connectivity index (χ2v) is 9.36. The average Bonchev–Trinajstić information content (AvgIpc) is 2.75. The number of hydrogen-bond acceptors (Lipinski definition) is 3. The van der Waals surface area contributed by atoms with Gasteiger partial charge in [0.2, 0.25) is 0 Å². The quantitative estimate of drug-likeness (QED) is 0.364. The first-order valence-corrected chi connectivity index (χ1v) is 10.7. The first-order chi connectivity index (χ1) is 15.2. The van der Waals surface area contributed by atoms with Gasteiger partial charge < -0.3 is 9.38 Å². The molecule has 1 aliphatic rings. The van der Waals surface area contributed by atoms with Crippen LogP contribution in [0.1, 0.15) is 31.8 Å². The van der Waals surface area contributed by atoms with Crippen LogP contribution in [0, 0.1) is 11.8 Å². The molecule has 0 N–H and O–H groups in total. The summed E-state index contributed by atoms with van der Waals surface area (Å²) in [5.74, 6) is 5.99. The van der Waals surface area contributed by atoms with E-state index in [0.717, 1.165) is 22.2 Å². The standard InChI is InChI=1S/C27H28N3O2/c1-28(2)21-14-10-19(11-15-21)9-12-20-13-16-24-25-22(20)7-6-8-23(25)26(31)29(27(24)32)17-18-30(3,4)5/h6-8,10-11,13-16H,17-18H2,1-5H3/q+1. The zero-order valence-electron chi connectivity index (χ0n) is 19.3. The zero-order valence-corrected chi connectivity index (χ0v) is 19.3. The van der Waals surface area contributed by atoms with Crippen molar-refractivity contribution in [2.75, 3.05) is 53.2 Å². The highest BCUT2D eigenvalue weighted by Gasteiger charge is 2.33. The maximum atomic E-state index is 13.2. The van der Waals surface area contributed by atoms with Gasteiger partial charge in [0.05, 0.1) is 34.2 Å². The number of likely N-dealkylation sites (N-methyl/N-ethyl adjacent to an activating group) is 1. The van der Waals surface area contributed by atoms with Crippen molar-refractivity contribution in [2.24, 2.45) is 0 Å². The molecule has 0 spiro atoms. The van der Waals surface area contributed by atoms with E-state index in [-0.39, 0.29) is 11.8 Å². The lowest BCUT2D eigenvalue weighted by Gasteiger charge is -2.31. The van der Waals surface area contributed by atoms with Crippen molar-refractivity contribution in [1.29, 1.82) is 0 Å². The second-order valence-electron chi connectivity index (χ2n) is 9.36. The molecule has 5 nitrogen and oxygen atoms in total. The van der Waals surface area contributed by atoms with Gasteiger partial charge in [0.25, 0.3) is 11.8 Å². The third kappa shape index (κ3) is 4.10. The number of rotatable bonds is 4. The van der Waals surface area contributed by atoms with Gasteiger partial charge in [0.1, 0.15) is 0 Å². The van der Waals surface area contributed by atoms with E-state index in [4.69, 9.17) is 0 Å². The molecule has 4 rings (SSSR count). The molecular formula is C27H28N3O2+. The summed E-state index contributed by atoms with van der Waals surface area (Å²) >= 11 is 0. The lowest BCUT2D eigenvalue weighted by molar-refractivity contribution is -0.869. The lowest BCUT2D eigenvalue weighted by Crippen LogP contribution is -2.47. The smallest absolute Gasteiger partial charge is 0.261 e. The number of anilines is 1. The Bertz CT molecular complexity index is 1250. The molecule has 3 aromatic carbocycles. The molecule has 0 aliphatic carbocycles. The first kappa shape index (κ1) is 21.6. The summed E-state index contributed by atoms with van der Waals surface area (Å²) in [6, 6.07) is 17.3. The van der Waals surface area contributed by atoms with Crippen LogP contribution in [0.3, 0.4) is 0 Å². The fourth-order valence-electron chi connectivity index (χ4n) is 3.84. The van der Waals surface area contributed by atoms with Crippen LogP contribution in [0.2, 0.25) is 0 Å². The fraction of sp³-hybridized carbons (Fsp3) is 0.259. The van der Waals surface area contributed by atoms with Crippen LogP contribution in [0.25, 0.3) is 10.8 Å². The Morgan fingerprint density at radius 2 is 1.50 bits per heavy atom. The van der Waals surface area contributed by atoms with E-state index in [1.165, 1.54) is 4.90 Å². The predicted octanol–water partition coefficient (Wildman–Crippen LogP) is 3.61. The number of nitrogens with zero attached hydrogens (tertiary/aromatic N) is 3. The molecule has 0 unspecified atom stereocenters. The van der Waals surface area contributed by atoms with Gasteiger partial charge in [0.15, 0.2) is 0 Å². The highest BCUT2D eigenvalue weighted by Crippen LogP contribution is 2.32. The molecule has 2 amide bonds. The third-order valence-corrected chi connectivity index (χ3v) is 5.71. The number of benzene rings is 3. The summed E-state index contributed by atoms with van der Waals surface area (Å²) in [7, 11) is 10.1. The SMILES string of the molecule is CN(C)c1ccc(C#Cc2ccc3c4c(cccc24)C(=O)N(CC[N+](C)(C)C)C3=O)cc1. The fourth-order valence-corrected chi connectivity index (χ4v) is 3.84. The molecule has 0 bridgehead atoms. The normalized spacial score (nSPS) is 13.2. The molecule has 0 radical (unpaired) electrons. The van der Waals surface area contributed by atoms with Crippen molar-refractivity contribution in [3.8, 4) is 11.8 Å². The minimum absolute atomic E-state index is 0.231. The molecule has 0 aromatic heterocycles. The van der Waals surface area contributed by atoms with Gasteiger partial charge >= 0.3 is 0 Å². The van der Waals surface area contributed by atoms with Gasteiger partial charge in [-0.15, -0.1) is 0 Å². The van der Waals surface area contributed by atoms with Crippen LogP contribution in [0.15, 0.2) is 54.6 Å². The van der Waals surface area contributed by atoms with Gasteiger partial charge in [-0.1, -0.05) is 24.0 Å². The van der Waals surface area contributed by atoms with Crippen LogP contribution >= 0.6 is 0 Å². The molecule has 0 atom stereocenters. The average molecular weight is 427 g/mol. The molecular weight excluding hydrogens is 398 g/mol. The van der Waals surface area contributed by atoms with Gasteiger partial charge in [0, 0.05) is 47.4 Å². The number of imide groups is 1. The largest absolute Gasteiger partial charge is 0.378 e. The summed E-state index contributed by atoms with van der Waals surface area (Å²) in [4.78, 5) is 29.7. The predicted molar refractivity (Wildman–Crippen MR) is 129 cm³/mol. The van der Waals surface area contributed by atoms with Gasteiger partial charge in [-0.25, -0.2) is 0 Å². The summed E-state index contributed by atoms with van der Waals surface area (Å²) in [6.07, 6.45) is 0. The summed E-state index contributed by atoms with van der Waals surface area (Å²) in [6.45, 7) is 1.08. The van der Waals surface area contributed by atoms with Crippen molar-refractivity contribution in [2.45, 2.75) is 0 Å². The minimum Gasteiger partial charge on any atom is -0.378 e. The number of amides is 2. The Labute approximate surface area is 189 Å². The Kier molecular flexibility index (Phi) is 5.50. The van der Waals surface area contributed by atoms with E-state index in [0.29, 0.717) is 34.1 Å². The highest BCUT2D eigenvalue weighted by atomic mass is 16.2. The molecule has 32 heavy (non-hydrogen) atoms. The molecule has 0 fully saturated rings. The number of hydrogen-bond donors (Lipinski definition) is 0. The Morgan fingerprint density at radius 3 is 2.12 bits per heavy atom. The van der Waals surface area contributed by atoms with Crippen molar-refractivity contribution in [1.82, 2.24) is 4.90 Å². The number of carbonyl (C=O) groups is 2. The summed E-state index contributed by atoms with van der Waals surface area (Å²) in [5.41, 5.74) is 3.97. The van der Waals surface area contributed by atoms with Gasteiger partial charge in [-0.05, 0) is 47.9 Å². The maximum absolute atomic E-state index is 13.2. The van der Waals surface area contributed by atoms with Gasteiger partial charge in [-0.3, -0.25) is 14.5 Å².